The van der Waals surface area contributed by atoms with Gasteiger partial charge in [0.15, 0.2) is 6.29 Å². The zero-order chi connectivity index (χ0) is 16.8. The summed E-state index contributed by atoms with van der Waals surface area (Å²) in [5, 5.41) is 0. The standard InChI is InChI=1S/C16H22O7/c1-15(14(18)19-2)8-11-9(13-22-5-6-23-13)7-10(15)12(17)16(11,20-3)21-4/h7,10-11,13H,5-6,8H2,1-4H3/t10-,11-,15-/m1/s1. The first-order chi connectivity index (χ1) is 10.9. The zero-order valence-corrected chi connectivity index (χ0v) is 13.8. The van der Waals surface area contributed by atoms with Gasteiger partial charge in [0.25, 0.3) is 0 Å². The summed E-state index contributed by atoms with van der Waals surface area (Å²) in [4.78, 5) is 25.3. The number of carbonyl (C=O) groups is 2. The Bertz CT molecular complexity index is 545. The van der Waals surface area contributed by atoms with E-state index in [1.807, 2.05) is 0 Å². The molecule has 1 aliphatic heterocycles. The lowest BCUT2D eigenvalue weighted by Gasteiger charge is -2.54. The summed E-state index contributed by atoms with van der Waals surface area (Å²) in [6.45, 7) is 2.73. The summed E-state index contributed by atoms with van der Waals surface area (Å²) in [6, 6.07) is 0. The molecule has 2 bridgehead atoms. The van der Waals surface area contributed by atoms with Gasteiger partial charge in [-0.2, -0.15) is 0 Å². The van der Waals surface area contributed by atoms with Crippen molar-refractivity contribution in [1.82, 2.24) is 0 Å². The largest absolute Gasteiger partial charge is 0.469 e. The van der Waals surface area contributed by atoms with Gasteiger partial charge in [-0.15, -0.1) is 0 Å². The summed E-state index contributed by atoms with van der Waals surface area (Å²) in [5.41, 5.74) is -0.142. The normalized spacial score (nSPS) is 36.2. The van der Waals surface area contributed by atoms with Gasteiger partial charge in [0.2, 0.25) is 11.6 Å². The Morgan fingerprint density at radius 1 is 1.22 bits per heavy atom. The maximum absolute atomic E-state index is 13.0. The fourth-order valence-corrected chi connectivity index (χ4v) is 4.07. The molecule has 3 aliphatic carbocycles. The maximum Gasteiger partial charge on any atom is 0.312 e. The molecule has 2 fully saturated rings. The summed E-state index contributed by atoms with van der Waals surface area (Å²) in [6.07, 6.45) is 1.62. The van der Waals surface area contributed by atoms with Gasteiger partial charge in [0, 0.05) is 20.1 Å². The number of carbonyl (C=O) groups excluding carboxylic acids is 2. The SMILES string of the molecule is COC(=O)[C@]1(C)C[C@@H]2C(C3OCCO3)=C[C@@H]1C(=O)C2(OC)OC. The lowest BCUT2D eigenvalue weighted by molar-refractivity contribution is -0.252. The van der Waals surface area contributed by atoms with Crippen molar-refractivity contribution < 1.29 is 33.3 Å². The van der Waals surface area contributed by atoms with Crippen LogP contribution in [0.5, 0.6) is 0 Å². The molecule has 0 aromatic carbocycles. The number of fused-ring (bicyclic) bond motifs is 2. The monoisotopic (exact) mass is 326 g/mol. The van der Waals surface area contributed by atoms with E-state index in [9.17, 15) is 9.59 Å². The molecular weight excluding hydrogens is 304 g/mol. The Labute approximate surface area is 134 Å². The van der Waals surface area contributed by atoms with E-state index in [-0.39, 0.29) is 5.78 Å². The van der Waals surface area contributed by atoms with Crippen molar-refractivity contribution in [2.24, 2.45) is 17.3 Å². The fraction of sp³-hybridized carbons (Fsp3) is 0.750. The van der Waals surface area contributed by atoms with Crippen LogP contribution in [-0.4, -0.2) is 58.4 Å². The number of esters is 1. The second-order valence-corrected chi connectivity index (χ2v) is 6.32. The predicted octanol–water partition coefficient (Wildman–Crippen LogP) is 0.673. The van der Waals surface area contributed by atoms with Crippen LogP contribution in [0.3, 0.4) is 0 Å². The van der Waals surface area contributed by atoms with Crippen molar-refractivity contribution in [3.63, 3.8) is 0 Å². The number of hydrogen-bond acceptors (Lipinski definition) is 7. The molecular formula is C16H22O7. The maximum atomic E-state index is 13.0. The minimum absolute atomic E-state index is 0.270. The minimum atomic E-state index is -1.42. The summed E-state index contributed by atoms with van der Waals surface area (Å²) in [5.74, 6) is -3.28. The van der Waals surface area contributed by atoms with Crippen molar-refractivity contribution in [1.29, 1.82) is 0 Å². The van der Waals surface area contributed by atoms with Crippen LogP contribution in [0.25, 0.3) is 0 Å². The second-order valence-electron chi connectivity index (χ2n) is 6.32. The Morgan fingerprint density at radius 3 is 2.35 bits per heavy atom. The Hall–Kier alpha value is -1.28. The Kier molecular flexibility index (Phi) is 4.08. The molecule has 4 rings (SSSR count). The number of ether oxygens (including phenoxy) is 5. The van der Waals surface area contributed by atoms with E-state index < -0.39 is 35.3 Å². The molecule has 0 unspecified atom stereocenters. The van der Waals surface area contributed by atoms with Crippen LogP contribution in [0.2, 0.25) is 0 Å². The summed E-state index contributed by atoms with van der Waals surface area (Å²) >= 11 is 0. The third kappa shape index (κ3) is 2.11. The van der Waals surface area contributed by atoms with Gasteiger partial charge in [-0.25, -0.2) is 0 Å². The van der Waals surface area contributed by atoms with E-state index in [1.54, 1.807) is 13.0 Å². The van der Waals surface area contributed by atoms with Crippen LogP contribution in [0.4, 0.5) is 0 Å². The first kappa shape index (κ1) is 16.6. The van der Waals surface area contributed by atoms with Crippen LogP contribution >= 0.6 is 0 Å². The van der Waals surface area contributed by atoms with Gasteiger partial charge < -0.3 is 23.7 Å². The van der Waals surface area contributed by atoms with Crippen LogP contribution in [0.1, 0.15) is 13.3 Å². The van der Waals surface area contributed by atoms with Gasteiger partial charge in [-0.1, -0.05) is 6.08 Å². The van der Waals surface area contributed by atoms with Gasteiger partial charge in [0.1, 0.15) is 0 Å². The zero-order valence-electron chi connectivity index (χ0n) is 13.8. The average molecular weight is 326 g/mol. The van der Waals surface area contributed by atoms with Crippen LogP contribution in [0.15, 0.2) is 11.6 Å². The molecule has 0 N–H and O–H groups in total. The molecule has 0 amide bonds. The smallest absolute Gasteiger partial charge is 0.312 e. The highest BCUT2D eigenvalue weighted by Gasteiger charge is 2.67. The molecule has 0 radical (unpaired) electrons. The third-order valence-corrected chi connectivity index (χ3v) is 5.31. The van der Waals surface area contributed by atoms with E-state index in [4.69, 9.17) is 23.7 Å². The molecule has 7 nitrogen and oxygen atoms in total. The number of methoxy groups -OCH3 is 3. The number of Topliss-reactive ketones (excluding diaryl/α,β-unsaturated/α-hetero) is 1. The van der Waals surface area contributed by atoms with Crippen molar-refractivity contribution in [2.45, 2.75) is 25.4 Å². The van der Waals surface area contributed by atoms with Gasteiger partial charge in [-0.3, -0.25) is 9.59 Å². The lowest BCUT2D eigenvalue weighted by Crippen LogP contribution is -2.65. The molecule has 0 aromatic heterocycles. The van der Waals surface area contributed by atoms with Crippen molar-refractivity contribution >= 4 is 11.8 Å². The number of hydrogen-bond donors (Lipinski definition) is 0. The minimum Gasteiger partial charge on any atom is -0.469 e. The summed E-state index contributed by atoms with van der Waals surface area (Å²) in [7, 11) is 4.20. The van der Waals surface area contributed by atoms with Gasteiger partial charge in [0.05, 0.1) is 31.7 Å². The molecule has 1 heterocycles. The Balaban J connectivity index is 2.08. The fourth-order valence-electron chi connectivity index (χ4n) is 4.07. The quantitative estimate of drug-likeness (QED) is 0.427. The third-order valence-electron chi connectivity index (χ3n) is 5.31. The predicted molar refractivity (Wildman–Crippen MR) is 77.3 cm³/mol. The number of rotatable bonds is 4. The summed E-state index contributed by atoms with van der Waals surface area (Å²) < 4.78 is 27.1. The molecule has 1 saturated carbocycles. The number of ketones is 1. The second kappa shape index (κ2) is 5.66. The highest BCUT2D eigenvalue weighted by Crippen LogP contribution is 2.56. The molecule has 4 aliphatic rings. The van der Waals surface area contributed by atoms with E-state index in [1.165, 1.54) is 21.3 Å². The van der Waals surface area contributed by atoms with Crippen LogP contribution in [0, 0.1) is 17.3 Å². The van der Waals surface area contributed by atoms with E-state index in [2.05, 4.69) is 0 Å². The average Bonchev–Trinajstić information content (AvgIpc) is 3.09. The molecule has 128 valence electrons. The highest BCUT2D eigenvalue weighted by atomic mass is 16.7. The molecule has 23 heavy (non-hydrogen) atoms. The van der Waals surface area contributed by atoms with E-state index in [0.29, 0.717) is 19.6 Å². The molecule has 0 spiro atoms. The topological polar surface area (TPSA) is 80.3 Å². The van der Waals surface area contributed by atoms with Crippen molar-refractivity contribution in [3.8, 4) is 0 Å². The van der Waals surface area contributed by atoms with Crippen molar-refractivity contribution in [2.75, 3.05) is 34.5 Å². The van der Waals surface area contributed by atoms with Gasteiger partial charge in [-0.05, 0) is 18.9 Å². The van der Waals surface area contributed by atoms with E-state index in [0.717, 1.165) is 5.57 Å². The first-order valence-electron chi connectivity index (χ1n) is 7.62. The number of allylic oxidation sites excluding steroid dienone is 1. The highest BCUT2D eigenvalue weighted by molar-refractivity contribution is 5.98. The first-order valence-corrected chi connectivity index (χ1v) is 7.62. The molecule has 3 atom stereocenters. The lowest BCUT2D eigenvalue weighted by atomic mass is 9.54. The van der Waals surface area contributed by atoms with E-state index >= 15 is 0 Å². The van der Waals surface area contributed by atoms with Crippen molar-refractivity contribution in [3.05, 3.63) is 11.6 Å². The van der Waals surface area contributed by atoms with Crippen LogP contribution < -0.4 is 0 Å². The molecule has 7 heteroatoms. The Morgan fingerprint density at radius 2 is 1.83 bits per heavy atom. The molecule has 1 saturated heterocycles. The van der Waals surface area contributed by atoms with Gasteiger partial charge >= 0.3 is 5.97 Å². The van der Waals surface area contributed by atoms with Crippen LogP contribution in [-0.2, 0) is 33.3 Å². The molecule has 0 aromatic rings.